The summed E-state index contributed by atoms with van der Waals surface area (Å²) in [5.41, 5.74) is 1.16. The molecule has 2 rings (SSSR count). The molecule has 0 N–H and O–H groups in total. The normalized spacial score (nSPS) is 13.6. The van der Waals surface area contributed by atoms with Gasteiger partial charge in [-0.25, -0.2) is 8.42 Å². The first-order valence-electron chi connectivity index (χ1n) is 5.91. The molecule has 0 aliphatic carbocycles. The van der Waals surface area contributed by atoms with Gasteiger partial charge in [0, 0.05) is 25.5 Å². The van der Waals surface area contributed by atoms with Crippen LogP contribution in [0.4, 0.5) is 0 Å². The lowest BCUT2D eigenvalue weighted by molar-refractivity contribution is 0.387. The van der Waals surface area contributed by atoms with Crippen LogP contribution < -0.4 is 0 Å². The Bertz CT molecular complexity index is 609. The highest BCUT2D eigenvalue weighted by molar-refractivity contribution is 7.89. The van der Waals surface area contributed by atoms with Crippen molar-refractivity contribution in [2.75, 3.05) is 7.05 Å². The topological polar surface area (TPSA) is 50.3 Å². The third kappa shape index (κ3) is 3.20. The van der Waals surface area contributed by atoms with Gasteiger partial charge in [0.2, 0.25) is 10.0 Å². The van der Waals surface area contributed by atoms with Crippen molar-refractivity contribution >= 4 is 21.4 Å². The maximum Gasteiger partial charge on any atom is 0.244 e. The maximum absolute atomic E-state index is 12.4. The molecule has 2 aromatic heterocycles. The summed E-state index contributed by atoms with van der Waals surface area (Å²) in [7, 11) is -1.86. The van der Waals surface area contributed by atoms with Crippen LogP contribution in [0.5, 0.6) is 0 Å². The molecule has 0 amide bonds. The van der Waals surface area contributed by atoms with E-state index in [1.54, 1.807) is 36.7 Å². The smallest absolute Gasteiger partial charge is 0.244 e. The van der Waals surface area contributed by atoms with E-state index >= 15 is 0 Å². The largest absolute Gasteiger partial charge is 0.263 e. The number of aromatic nitrogens is 1. The molecular weight excluding hydrogens is 280 g/mol. The third-order valence-electron chi connectivity index (χ3n) is 3.04. The minimum Gasteiger partial charge on any atom is -0.263 e. The number of thiophene rings is 1. The highest BCUT2D eigenvalue weighted by atomic mass is 32.2. The summed E-state index contributed by atoms with van der Waals surface area (Å²) in [6.45, 7) is 1.91. The molecule has 6 heteroatoms. The Balaban J connectivity index is 2.16. The third-order valence-corrected chi connectivity index (χ3v) is 5.73. The van der Waals surface area contributed by atoms with Crippen molar-refractivity contribution in [3.05, 3.63) is 46.9 Å². The number of likely N-dealkylation sites (N-methyl/N-ethyl adjacent to an activating group) is 1. The predicted octanol–water partition coefficient (Wildman–Crippen LogP) is 2.39. The monoisotopic (exact) mass is 296 g/mol. The first-order valence-corrected chi connectivity index (χ1v) is 8.29. The van der Waals surface area contributed by atoms with Crippen LogP contribution in [0.1, 0.15) is 12.5 Å². The summed E-state index contributed by atoms with van der Waals surface area (Å²) >= 11 is 1.62. The van der Waals surface area contributed by atoms with Crippen molar-refractivity contribution in [3.63, 3.8) is 0 Å². The van der Waals surface area contributed by atoms with E-state index in [-0.39, 0.29) is 10.9 Å². The van der Waals surface area contributed by atoms with Crippen LogP contribution in [0.15, 0.2) is 46.2 Å². The van der Waals surface area contributed by atoms with Gasteiger partial charge in [0.15, 0.2) is 0 Å². The van der Waals surface area contributed by atoms with Crippen LogP contribution in [-0.4, -0.2) is 30.8 Å². The van der Waals surface area contributed by atoms with Crippen LogP contribution >= 0.6 is 11.3 Å². The van der Waals surface area contributed by atoms with Gasteiger partial charge in [0.25, 0.3) is 0 Å². The van der Waals surface area contributed by atoms with Crippen LogP contribution in [0, 0.1) is 0 Å². The second kappa shape index (κ2) is 5.81. The molecule has 19 heavy (non-hydrogen) atoms. The zero-order valence-electron chi connectivity index (χ0n) is 10.9. The molecule has 0 aliphatic rings. The SMILES string of the molecule is CC(Cc1ccsc1)N(C)S(=O)(=O)c1cccnc1. The summed E-state index contributed by atoms with van der Waals surface area (Å²) in [6, 6.07) is 5.12. The summed E-state index contributed by atoms with van der Waals surface area (Å²) in [6.07, 6.45) is 3.65. The predicted molar refractivity (Wildman–Crippen MR) is 76.7 cm³/mol. The fourth-order valence-corrected chi connectivity index (χ4v) is 3.79. The number of pyridine rings is 1. The zero-order chi connectivity index (χ0) is 13.9. The van der Waals surface area contributed by atoms with Crippen LogP contribution in [-0.2, 0) is 16.4 Å². The summed E-state index contributed by atoms with van der Waals surface area (Å²) in [5, 5.41) is 4.04. The first kappa shape index (κ1) is 14.2. The highest BCUT2D eigenvalue weighted by Crippen LogP contribution is 2.18. The van der Waals surface area contributed by atoms with Crippen molar-refractivity contribution in [2.45, 2.75) is 24.3 Å². The Morgan fingerprint density at radius 3 is 2.79 bits per heavy atom. The molecule has 0 saturated heterocycles. The van der Waals surface area contributed by atoms with Gasteiger partial charge < -0.3 is 0 Å². The van der Waals surface area contributed by atoms with Gasteiger partial charge >= 0.3 is 0 Å². The molecule has 0 spiro atoms. The Morgan fingerprint density at radius 2 is 2.21 bits per heavy atom. The minimum absolute atomic E-state index is 0.0974. The van der Waals surface area contributed by atoms with Crippen molar-refractivity contribution in [1.29, 1.82) is 0 Å². The molecule has 2 aromatic rings. The molecule has 1 unspecified atom stereocenters. The van der Waals surface area contributed by atoms with E-state index in [1.165, 1.54) is 10.5 Å². The Hall–Kier alpha value is -1.24. The van der Waals surface area contributed by atoms with Crippen molar-refractivity contribution in [3.8, 4) is 0 Å². The molecule has 0 aliphatic heterocycles. The van der Waals surface area contributed by atoms with Crippen LogP contribution in [0.25, 0.3) is 0 Å². The average molecular weight is 296 g/mol. The average Bonchev–Trinajstić information content (AvgIpc) is 2.91. The van der Waals surface area contributed by atoms with Crippen LogP contribution in [0.3, 0.4) is 0 Å². The van der Waals surface area contributed by atoms with E-state index in [4.69, 9.17) is 0 Å². The van der Waals surface area contributed by atoms with E-state index in [2.05, 4.69) is 4.98 Å². The zero-order valence-corrected chi connectivity index (χ0v) is 12.5. The van der Waals surface area contributed by atoms with Crippen molar-refractivity contribution in [2.24, 2.45) is 0 Å². The first-order chi connectivity index (χ1) is 9.01. The summed E-state index contributed by atoms with van der Waals surface area (Å²) in [4.78, 5) is 4.10. The van der Waals surface area contributed by atoms with E-state index in [1.807, 2.05) is 23.8 Å². The second-order valence-corrected chi connectivity index (χ2v) is 7.17. The molecule has 0 fully saturated rings. The molecule has 0 radical (unpaired) electrons. The van der Waals surface area contributed by atoms with E-state index in [0.717, 1.165) is 5.56 Å². The van der Waals surface area contributed by atoms with Gasteiger partial charge in [-0.2, -0.15) is 15.6 Å². The van der Waals surface area contributed by atoms with Crippen LogP contribution in [0.2, 0.25) is 0 Å². The molecule has 102 valence electrons. The fraction of sp³-hybridized carbons (Fsp3) is 0.308. The van der Waals surface area contributed by atoms with Gasteiger partial charge in [-0.15, -0.1) is 0 Å². The number of hydrogen-bond acceptors (Lipinski definition) is 4. The molecule has 1 atom stereocenters. The van der Waals surface area contributed by atoms with Crippen molar-refractivity contribution in [1.82, 2.24) is 9.29 Å². The molecule has 0 aromatic carbocycles. The van der Waals surface area contributed by atoms with Gasteiger partial charge in [-0.1, -0.05) is 0 Å². The molecule has 0 bridgehead atoms. The Labute approximate surface area is 117 Å². The second-order valence-electron chi connectivity index (χ2n) is 4.39. The number of nitrogens with zero attached hydrogens (tertiary/aromatic N) is 2. The highest BCUT2D eigenvalue weighted by Gasteiger charge is 2.25. The van der Waals surface area contributed by atoms with Gasteiger partial charge in [-0.05, 0) is 47.9 Å². The lowest BCUT2D eigenvalue weighted by Crippen LogP contribution is -2.36. The quantitative estimate of drug-likeness (QED) is 0.851. The molecule has 4 nitrogen and oxygen atoms in total. The standard InChI is InChI=1S/C13H16N2O2S2/c1-11(8-12-5-7-18-10-12)15(2)19(16,17)13-4-3-6-14-9-13/h3-7,9-11H,8H2,1-2H3. The van der Waals surface area contributed by atoms with E-state index in [9.17, 15) is 8.42 Å². The number of sulfonamides is 1. The molecule has 2 heterocycles. The number of rotatable bonds is 5. The lowest BCUT2D eigenvalue weighted by Gasteiger charge is -2.23. The van der Waals surface area contributed by atoms with E-state index in [0.29, 0.717) is 6.42 Å². The fourth-order valence-electron chi connectivity index (χ4n) is 1.78. The van der Waals surface area contributed by atoms with Crippen molar-refractivity contribution < 1.29 is 8.42 Å². The minimum atomic E-state index is -3.47. The van der Waals surface area contributed by atoms with E-state index < -0.39 is 10.0 Å². The Kier molecular flexibility index (Phi) is 4.34. The van der Waals surface area contributed by atoms with Gasteiger partial charge in [0.1, 0.15) is 4.90 Å². The van der Waals surface area contributed by atoms with Gasteiger partial charge in [0.05, 0.1) is 0 Å². The molecular formula is C13H16N2O2S2. The Morgan fingerprint density at radius 1 is 1.42 bits per heavy atom. The maximum atomic E-state index is 12.4. The summed E-state index contributed by atoms with van der Waals surface area (Å²) in [5.74, 6) is 0. The summed E-state index contributed by atoms with van der Waals surface area (Å²) < 4.78 is 26.2. The van der Waals surface area contributed by atoms with Gasteiger partial charge in [-0.3, -0.25) is 4.98 Å². The lowest BCUT2D eigenvalue weighted by atomic mass is 10.1. The number of hydrogen-bond donors (Lipinski definition) is 0. The molecule has 0 saturated carbocycles.